The molecule has 17 heavy (non-hydrogen) atoms. The first-order valence-corrected chi connectivity index (χ1v) is 5.59. The summed E-state index contributed by atoms with van der Waals surface area (Å²) >= 11 is 5.84. The molecule has 0 radical (unpaired) electrons. The van der Waals surface area contributed by atoms with Gasteiger partial charge in [-0.05, 0) is 18.9 Å². The van der Waals surface area contributed by atoms with Crippen molar-refractivity contribution in [3.05, 3.63) is 45.4 Å². The maximum atomic E-state index is 11.5. The van der Waals surface area contributed by atoms with Crippen molar-refractivity contribution in [1.29, 1.82) is 0 Å². The number of H-pyrrole nitrogens is 1. The van der Waals surface area contributed by atoms with Crippen LogP contribution in [0.4, 0.5) is 0 Å². The van der Waals surface area contributed by atoms with E-state index in [-0.39, 0.29) is 11.5 Å². The van der Waals surface area contributed by atoms with Gasteiger partial charge in [-0.15, -0.1) is 5.10 Å². The molecular weight excluding hydrogens is 240 g/mol. The minimum absolute atomic E-state index is 0.100. The molecule has 0 amide bonds. The lowest BCUT2D eigenvalue weighted by atomic mass is 10.1. The average molecular weight is 255 g/mol. The third kappa shape index (κ3) is 3.46. The summed E-state index contributed by atoms with van der Waals surface area (Å²) in [6, 6.07) is 1.61. The number of aromatic amines is 1. The van der Waals surface area contributed by atoms with Crippen molar-refractivity contribution < 1.29 is 4.74 Å². The van der Waals surface area contributed by atoms with E-state index in [0.717, 1.165) is 0 Å². The van der Waals surface area contributed by atoms with E-state index >= 15 is 0 Å². The normalized spacial score (nSPS) is 12.3. The number of nitrogens with one attached hydrogen (secondary N) is 1. The van der Waals surface area contributed by atoms with Gasteiger partial charge < -0.3 is 4.74 Å². The summed E-state index contributed by atoms with van der Waals surface area (Å²) in [5.41, 5.74) is 0.418. The van der Waals surface area contributed by atoms with E-state index in [1.807, 2.05) is 13.8 Å². The molecule has 0 aliphatic heterocycles. The molecule has 1 rings (SSSR count). The minimum atomic E-state index is -0.205. The van der Waals surface area contributed by atoms with Crippen molar-refractivity contribution in [2.24, 2.45) is 0 Å². The Bertz CT molecular complexity index is 503. The lowest BCUT2D eigenvalue weighted by molar-refractivity contribution is 0.401. The van der Waals surface area contributed by atoms with Crippen LogP contribution in [0.1, 0.15) is 32.3 Å². The molecule has 92 valence electrons. The number of aromatic nitrogens is 2. The molecule has 1 heterocycles. The van der Waals surface area contributed by atoms with Crippen molar-refractivity contribution in [2.45, 2.75) is 26.7 Å². The quantitative estimate of drug-likeness (QED) is 0.664. The number of halogens is 1. The lowest BCUT2D eigenvalue weighted by Crippen LogP contribution is -2.15. The third-order valence-electron chi connectivity index (χ3n) is 2.20. The fourth-order valence-corrected chi connectivity index (χ4v) is 1.27. The number of nitrogens with zero attached hydrogens (tertiary/aromatic N) is 1. The van der Waals surface area contributed by atoms with E-state index in [4.69, 9.17) is 16.3 Å². The van der Waals surface area contributed by atoms with Gasteiger partial charge in [-0.1, -0.05) is 32.0 Å². The SMILES string of the molecule is C=C/C(Cl)=C(\C)Oc1cc(C(C)C)c(=O)[nH]n1. The summed E-state index contributed by atoms with van der Waals surface area (Å²) in [6.45, 7) is 9.08. The third-order valence-corrected chi connectivity index (χ3v) is 2.62. The van der Waals surface area contributed by atoms with Crippen LogP contribution in [-0.2, 0) is 0 Å². The van der Waals surface area contributed by atoms with Gasteiger partial charge in [0.25, 0.3) is 5.56 Å². The summed E-state index contributed by atoms with van der Waals surface area (Å²) in [7, 11) is 0. The highest BCUT2D eigenvalue weighted by Gasteiger charge is 2.09. The van der Waals surface area contributed by atoms with Crippen LogP contribution in [0.5, 0.6) is 5.88 Å². The van der Waals surface area contributed by atoms with Crippen LogP contribution in [0.15, 0.2) is 34.3 Å². The molecule has 0 saturated carbocycles. The summed E-state index contributed by atoms with van der Waals surface area (Å²) in [4.78, 5) is 11.5. The molecule has 1 aromatic rings. The summed E-state index contributed by atoms with van der Waals surface area (Å²) in [5, 5.41) is 6.59. The predicted octanol–water partition coefficient (Wildman–Crippen LogP) is 2.93. The van der Waals surface area contributed by atoms with Crippen LogP contribution >= 0.6 is 11.6 Å². The van der Waals surface area contributed by atoms with Crippen molar-refractivity contribution in [3.8, 4) is 5.88 Å². The highest BCUT2D eigenvalue weighted by molar-refractivity contribution is 6.31. The number of allylic oxidation sites excluding steroid dienone is 3. The molecule has 0 aliphatic carbocycles. The first-order chi connectivity index (χ1) is 7.95. The van der Waals surface area contributed by atoms with Crippen molar-refractivity contribution >= 4 is 11.6 Å². The Morgan fingerprint density at radius 2 is 2.29 bits per heavy atom. The summed E-state index contributed by atoms with van der Waals surface area (Å²) < 4.78 is 5.41. The van der Waals surface area contributed by atoms with Crippen LogP contribution in [0, 0.1) is 0 Å². The molecule has 0 fully saturated rings. The van der Waals surface area contributed by atoms with Crippen molar-refractivity contribution in [1.82, 2.24) is 10.2 Å². The highest BCUT2D eigenvalue weighted by atomic mass is 35.5. The Labute approximate surface area is 105 Å². The van der Waals surface area contributed by atoms with E-state index in [2.05, 4.69) is 16.8 Å². The first kappa shape index (κ1) is 13.5. The Morgan fingerprint density at radius 1 is 1.65 bits per heavy atom. The zero-order chi connectivity index (χ0) is 13.0. The predicted molar refractivity (Wildman–Crippen MR) is 68.3 cm³/mol. The van der Waals surface area contributed by atoms with Crippen molar-refractivity contribution in [2.75, 3.05) is 0 Å². The standard InChI is InChI=1S/C12H15ClN2O2/c1-5-10(13)8(4)17-11-6-9(7(2)3)12(16)15-14-11/h5-7H,1H2,2-4H3,(H,15,16)/b10-8-. The molecule has 0 spiro atoms. The topological polar surface area (TPSA) is 55.0 Å². The van der Waals surface area contributed by atoms with Crippen LogP contribution in [0.3, 0.4) is 0 Å². The Morgan fingerprint density at radius 3 is 2.82 bits per heavy atom. The fourth-order valence-electron chi connectivity index (χ4n) is 1.23. The minimum Gasteiger partial charge on any atom is -0.441 e. The number of ether oxygens (including phenoxy) is 1. The van der Waals surface area contributed by atoms with Gasteiger partial charge >= 0.3 is 0 Å². The molecule has 0 unspecified atom stereocenters. The molecule has 0 aliphatic rings. The van der Waals surface area contributed by atoms with E-state index < -0.39 is 0 Å². The molecule has 1 N–H and O–H groups in total. The Balaban J connectivity index is 3.06. The summed E-state index contributed by atoms with van der Waals surface area (Å²) in [5.74, 6) is 0.894. The molecule has 1 aromatic heterocycles. The van der Waals surface area contributed by atoms with Gasteiger partial charge in [-0.2, -0.15) is 0 Å². The van der Waals surface area contributed by atoms with E-state index in [0.29, 0.717) is 22.2 Å². The van der Waals surface area contributed by atoms with Gasteiger partial charge in [0.1, 0.15) is 5.76 Å². The Hall–Kier alpha value is -1.55. The van der Waals surface area contributed by atoms with Crippen molar-refractivity contribution in [3.63, 3.8) is 0 Å². The zero-order valence-corrected chi connectivity index (χ0v) is 10.8. The zero-order valence-electron chi connectivity index (χ0n) is 10.1. The average Bonchev–Trinajstić information content (AvgIpc) is 2.30. The first-order valence-electron chi connectivity index (χ1n) is 5.22. The van der Waals surface area contributed by atoms with E-state index in [1.54, 1.807) is 13.0 Å². The van der Waals surface area contributed by atoms with Gasteiger partial charge in [0.05, 0.1) is 5.03 Å². The van der Waals surface area contributed by atoms with Gasteiger partial charge in [-0.25, -0.2) is 5.10 Å². The summed E-state index contributed by atoms with van der Waals surface area (Å²) in [6.07, 6.45) is 1.48. The number of rotatable bonds is 4. The second-order valence-electron chi connectivity index (χ2n) is 3.86. The van der Waals surface area contributed by atoms with Gasteiger partial charge in [0, 0.05) is 11.6 Å². The molecule has 0 atom stereocenters. The Kier molecular flexibility index (Phi) is 4.52. The maximum Gasteiger partial charge on any atom is 0.267 e. The molecule has 4 nitrogen and oxygen atoms in total. The van der Waals surface area contributed by atoms with Crippen LogP contribution in [-0.4, -0.2) is 10.2 Å². The monoisotopic (exact) mass is 254 g/mol. The highest BCUT2D eigenvalue weighted by Crippen LogP contribution is 2.18. The van der Waals surface area contributed by atoms with Gasteiger partial charge in [-0.3, -0.25) is 4.79 Å². The largest absolute Gasteiger partial charge is 0.441 e. The second-order valence-corrected chi connectivity index (χ2v) is 4.26. The van der Waals surface area contributed by atoms with Crippen LogP contribution in [0.25, 0.3) is 0 Å². The van der Waals surface area contributed by atoms with Crippen LogP contribution < -0.4 is 10.3 Å². The van der Waals surface area contributed by atoms with Crippen LogP contribution in [0.2, 0.25) is 0 Å². The molecule has 5 heteroatoms. The van der Waals surface area contributed by atoms with Gasteiger partial charge in [0.15, 0.2) is 0 Å². The van der Waals surface area contributed by atoms with Gasteiger partial charge in [0.2, 0.25) is 5.88 Å². The van der Waals surface area contributed by atoms with E-state index in [1.165, 1.54) is 6.08 Å². The molecule has 0 aromatic carbocycles. The lowest BCUT2D eigenvalue weighted by Gasteiger charge is -2.08. The number of hydrogen-bond acceptors (Lipinski definition) is 3. The molecule has 0 bridgehead atoms. The second kappa shape index (κ2) is 5.68. The fraction of sp³-hybridized carbons (Fsp3) is 0.333. The smallest absolute Gasteiger partial charge is 0.267 e. The molecule has 0 saturated heterocycles. The van der Waals surface area contributed by atoms with E-state index in [9.17, 15) is 4.79 Å². The number of hydrogen-bond donors (Lipinski definition) is 1. The molecular formula is C12H15ClN2O2. The maximum absolute atomic E-state index is 11.5.